The zero-order valence-corrected chi connectivity index (χ0v) is 19.9. The molecular formula is C23H25Cl2N7O. The van der Waals surface area contributed by atoms with Crippen molar-refractivity contribution in [2.75, 3.05) is 5.32 Å². The van der Waals surface area contributed by atoms with E-state index in [0.29, 0.717) is 12.2 Å². The van der Waals surface area contributed by atoms with Crippen LogP contribution in [0.4, 0.5) is 5.69 Å². The van der Waals surface area contributed by atoms with Gasteiger partial charge in [-0.3, -0.25) is 18.6 Å². The Morgan fingerprint density at radius 3 is 2.67 bits per heavy atom. The average molecular weight is 486 g/mol. The number of nitrogens with zero attached hydrogens (tertiary/aromatic N) is 6. The number of nitrogens with one attached hydrogen (secondary N) is 1. The Kier molecular flexibility index (Phi) is 7.40. The maximum atomic E-state index is 13.1. The van der Waals surface area contributed by atoms with Gasteiger partial charge in [-0.2, -0.15) is 10.2 Å². The zero-order valence-electron chi connectivity index (χ0n) is 18.3. The van der Waals surface area contributed by atoms with E-state index in [2.05, 4.69) is 29.2 Å². The molecular weight excluding hydrogens is 461 g/mol. The fourth-order valence-electron chi connectivity index (χ4n) is 3.90. The smallest absolute Gasteiger partial charge is 0.274 e. The van der Waals surface area contributed by atoms with E-state index in [9.17, 15) is 4.79 Å². The average Bonchev–Trinajstić information content (AvgIpc) is 3.51. The number of carbonyl (C=O) groups excluding carboxylic acids is 1. The number of aromatic nitrogens is 6. The van der Waals surface area contributed by atoms with Gasteiger partial charge in [0.2, 0.25) is 0 Å². The Morgan fingerprint density at radius 1 is 1.06 bits per heavy atom. The number of rotatable bonds is 6. The number of fused-ring (bicyclic) bond motifs is 2. The molecule has 5 aromatic rings. The summed E-state index contributed by atoms with van der Waals surface area (Å²) in [7, 11) is 0. The molecule has 0 aliphatic heterocycles. The molecule has 0 saturated heterocycles. The van der Waals surface area contributed by atoms with Crippen LogP contribution in [0.3, 0.4) is 0 Å². The number of hydrogen-bond donors (Lipinski definition) is 1. The summed E-state index contributed by atoms with van der Waals surface area (Å²) in [6.07, 6.45) is 8.11. The van der Waals surface area contributed by atoms with Crippen molar-refractivity contribution in [3.63, 3.8) is 0 Å². The molecule has 8 nitrogen and oxygen atoms in total. The summed E-state index contributed by atoms with van der Waals surface area (Å²) in [5.74, 6) is -0.203. The molecule has 0 unspecified atom stereocenters. The molecule has 0 fully saturated rings. The first-order valence-electron chi connectivity index (χ1n) is 10.4. The van der Waals surface area contributed by atoms with Crippen molar-refractivity contribution < 1.29 is 4.79 Å². The summed E-state index contributed by atoms with van der Waals surface area (Å²) < 4.78 is 5.67. The first-order valence-corrected chi connectivity index (χ1v) is 10.4. The molecule has 0 radical (unpaired) electrons. The van der Waals surface area contributed by atoms with Crippen molar-refractivity contribution in [3.05, 3.63) is 78.1 Å². The summed E-state index contributed by atoms with van der Waals surface area (Å²) >= 11 is 0. The van der Waals surface area contributed by atoms with Gasteiger partial charge < -0.3 is 5.32 Å². The number of imidazole rings is 1. The molecule has 0 atom stereocenters. The van der Waals surface area contributed by atoms with Gasteiger partial charge in [0.05, 0.1) is 35.8 Å². The summed E-state index contributed by atoms with van der Waals surface area (Å²) in [4.78, 5) is 17.4. The minimum atomic E-state index is -0.203. The summed E-state index contributed by atoms with van der Waals surface area (Å²) in [6.45, 7) is 5.60. The molecule has 5 rings (SSSR count). The number of aryl methyl sites for hydroxylation is 2. The third-order valence-corrected chi connectivity index (χ3v) is 5.43. The van der Waals surface area contributed by atoms with Crippen LogP contribution in [0.5, 0.6) is 0 Å². The normalized spacial score (nSPS) is 10.7. The van der Waals surface area contributed by atoms with Gasteiger partial charge in [0.25, 0.3) is 5.91 Å². The number of benzene rings is 1. The van der Waals surface area contributed by atoms with Crippen LogP contribution in [0.25, 0.3) is 16.6 Å². The Bertz CT molecular complexity index is 1400. The molecule has 1 aromatic carbocycles. The largest absolute Gasteiger partial charge is 0.320 e. The van der Waals surface area contributed by atoms with Gasteiger partial charge in [0, 0.05) is 29.9 Å². The maximum absolute atomic E-state index is 13.1. The van der Waals surface area contributed by atoms with Crippen LogP contribution in [0.2, 0.25) is 0 Å². The standard InChI is InChI=1S/C23H23N7O.2ClH/c1-3-17-22-18(26-23(31)20-13-24-21-10-5-6-11-29(20)21)8-7-9-19(22)30(27-17)15-16-12-25-28(4-2)14-16;;/h5-14H,3-4,15H2,1-2H3,(H,26,31);2*1H. The Balaban J connectivity index is 0.00000153. The van der Waals surface area contributed by atoms with Crippen molar-refractivity contribution in [2.45, 2.75) is 33.4 Å². The second-order valence-electron chi connectivity index (χ2n) is 7.39. The van der Waals surface area contributed by atoms with Crippen molar-refractivity contribution >= 4 is 53.0 Å². The Hall–Kier alpha value is -3.36. The maximum Gasteiger partial charge on any atom is 0.274 e. The highest BCUT2D eigenvalue weighted by Crippen LogP contribution is 2.28. The summed E-state index contributed by atoms with van der Waals surface area (Å²) in [5.41, 5.74) is 5.00. The van der Waals surface area contributed by atoms with Gasteiger partial charge in [-0.25, -0.2) is 4.98 Å². The molecule has 0 saturated carbocycles. The molecule has 0 aliphatic rings. The SMILES string of the molecule is CCc1nn(Cc2cnn(CC)c2)c2cccc(NC(=O)c3cnc4ccccn34)c12.Cl.Cl. The van der Waals surface area contributed by atoms with Crippen LogP contribution in [-0.4, -0.2) is 34.9 Å². The molecule has 4 heterocycles. The molecule has 10 heteroatoms. The number of amides is 1. The molecule has 0 aliphatic carbocycles. The van der Waals surface area contributed by atoms with E-state index in [4.69, 9.17) is 5.10 Å². The lowest BCUT2D eigenvalue weighted by Gasteiger charge is -2.08. The van der Waals surface area contributed by atoms with Crippen molar-refractivity contribution in [2.24, 2.45) is 0 Å². The van der Waals surface area contributed by atoms with Crippen LogP contribution in [0, 0.1) is 0 Å². The highest BCUT2D eigenvalue weighted by molar-refractivity contribution is 6.08. The molecule has 0 bridgehead atoms. The van der Waals surface area contributed by atoms with E-state index >= 15 is 0 Å². The molecule has 0 spiro atoms. The van der Waals surface area contributed by atoms with Gasteiger partial charge in [-0.1, -0.05) is 19.1 Å². The highest BCUT2D eigenvalue weighted by atomic mass is 35.5. The topological polar surface area (TPSA) is 82.0 Å². The third kappa shape index (κ3) is 4.44. The molecule has 1 N–H and O–H groups in total. The summed E-state index contributed by atoms with van der Waals surface area (Å²) in [6, 6.07) is 11.6. The zero-order chi connectivity index (χ0) is 21.4. The van der Waals surface area contributed by atoms with Crippen LogP contribution < -0.4 is 5.32 Å². The number of anilines is 1. The van der Waals surface area contributed by atoms with E-state index < -0.39 is 0 Å². The highest BCUT2D eigenvalue weighted by Gasteiger charge is 2.18. The number of pyridine rings is 1. The second-order valence-corrected chi connectivity index (χ2v) is 7.39. The molecule has 4 aromatic heterocycles. The minimum Gasteiger partial charge on any atom is -0.320 e. The predicted octanol–water partition coefficient (Wildman–Crippen LogP) is 4.61. The first kappa shape index (κ1) is 24.3. The predicted molar refractivity (Wildman–Crippen MR) is 134 cm³/mol. The van der Waals surface area contributed by atoms with E-state index in [0.717, 1.165) is 46.5 Å². The summed E-state index contributed by atoms with van der Waals surface area (Å²) in [5, 5.41) is 13.2. The quantitative estimate of drug-likeness (QED) is 0.380. The van der Waals surface area contributed by atoms with Crippen molar-refractivity contribution in [3.8, 4) is 0 Å². The lowest BCUT2D eigenvalue weighted by atomic mass is 10.1. The molecule has 1 amide bonds. The first-order chi connectivity index (χ1) is 15.2. The minimum absolute atomic E-state index is 0. The van der Waals surface area contributed by atoms with E-state index in [1.165, 1.54) is 0 Å². The second kappa shape index (κ2) is 10.1. The number of hydrogen-bond acceptors (Lipinski definition) is 4. The van der Waals surface area contributed by atoms with E-state index in [-0.39, 0.29) is 30.7 Å². The Morgan fingerprint density at radius 2 is 1.91 bits per heavy atom. The van der Waals surface area contributed by atoms with Crippen LogP contribution >= 0.6 is 24.8 Å². The molecule has 33 heavy (non-hydrogen) atoms. The lowest BCUT2D eigenvalue weighted by molar-refractivity contribution is 0.102. The van der Waals surface area contributed by atoms with E-state index in [1.807, 2.05) is 64.4 Å². The van der Waals surface area contributed by atoms with Crippen LogP contribution in [0.1, 0.15) is 35.6 Å². The fraction of sp³-hybridized carbons (Fsp3) is 0.217. The van der Waals surface area contributed by atoms with Crippen molar-refractivity contribution in [1.29, 1.82) is 0 Å². The number of carbonyl (C=O) groups is 1. The van der Waals surface area contributed by atoms with E-state index in [1.54, 1.807) is 10.6 Å². The van der Waals surface area contributed by atoms with Crippen LogP contribution in [-0.2, 0) is 19.5 Å². The fourth-order valence-corrected chi connectivity index (χ4v) is 3.90. The van der Waals surface area contributed by atoms with Gasteiger partial charge in [-0.05, 0) is 37.6 Å². The van der Waals surface area contributed by atoms with Gasteiger partial charge >= 0.3 is 0 Å². The Labute approximate surface area is 203 Å². The lowest BCUT2D eigenvalue weighted by Crippen LogP contribution is -2.14. The monoisotopic (exact) mass is 485 g/mol. The van der Waals surface area contributed by atoms with Gasteiger partial charge in [-0.15, -0.1) is 24.8 Å². The molecule has 172 valence electrons. The van der Waals surface area contributed by atoms with Crippen molar-refractivity contribution in [1.82, 2.24) is 28.9 Å². The van der Waals surface area contributed by atoms with Crippen LogP contribution in [0.15, 0.2) is 61.2 Å². The van der Waals surface area contributed by atoms with Gasteiger partial charge in [0.1, 0.15) is 11.3 Å². The number of halogens is 2. The third-order valence-electron chi connectivity index (χ3n) is 5.43. The van der Waals surface area contributed by atoms with Gasteiger partial charge in [0.15, 0.2) is 0 Å².